The van der Waals surface area contributed by atoms with Gasteiger partial charge in [-0.25, -0.2) is 4.79 Å². The number of benzene rings is 1. The molecule has 0 radical (unpaired) electrons. The number of aromatic nitrogens is 1. The van der Waals surface area contributed by atoms with Gasteiger partial charge in [0.05, 0.1) is 13.2 Å². The minimum absolute atomic E-state index is 0.282. The molecule has 0 bridgehead atoms. The number of nitrogens with zero attached hydrogens (tertiary/aromatic N) is 1. The molecular weight excluding hydrogens is 294 g/mol. The summed E-state index contributed by atoms with van der Waals surface area (Å²) < 4.78 is 4.77. The van der Waals surface area contributed by atoms with Gasteiger partial charge in [-0.15, -0.1) is 0 Å². The van der Waals surface area contributed by atoms with Crippen molar-refractivity contribution in [2.24, 2.45) is 5.41 Å². The number of carbonyl (C=O) groups is 2. The van der Waals surface area contributed by atoms with Gasteiger partial charge >= 0.3 is 5.97 Å². The van der Waals surface area contributed by atoms with E-state index in [1.807, 2.05) is 36.5 Å². The van der Waals surface area contributed by atoms with Gasteiger partial charge in [0.2, 0.25) is 5.91 Å². The molecule has 1 aromatic heterocycles. The minimum Gasteiger partial charge on any atom is -0.467 e. The van der Waals surface area contributed by atoms with Gasteiger partial charge in [-0.1, -0.05) is 18.2 Å². The summed E-state index contributed by atoms with van der Waals surface area (Å²) in [5.74, 6) is -1.05. The molecule has 1 aromatic carbocycles. The Morgan fingerprint density at radius 2 is 2.09 bits per heavy atom. The molecule has 6 heteroatoms. The van der Waals surface area contributed by atoms with Gasteiger partial charge in [-0.3, -0.25) is 4.79 Å². The van der Waals surface area contributed by atoms with E-state index in [4.69, 9.17) is 10.00 Å². The van der Waals surface area contributed by atoms with Crippen molar-refractivity contribution in [3.8, 4) is 6.07 Å². The number of H-pyrrole nitrogens is 1. The van der Waals surface area contributed by atoms with Gasteiger partial charge in [-0.2, -0.15) is 5.26 Å². The standard InChI is InChI=1S/C17H19N3O3/c1-17(2,10-18)16(22)20-14(15(21)23-3)8-11-9-19-13-7-5-4-6-12(11)13/h4-7,9,14,19H,8H2,1-3H3,(H,20,22)/t14-/m1/s1. The average molecular weight is 313 g/mol. The first-order valence-corrected chi connectivity index (χ1v) is 7.24. The molecule has 0 fully saturated rings. The van der Waals surface area contributed by atoms with Crippen LogP contribution in [-0.4, -0.2) is 30.0 Å². The van der Waals surface area contributed by atoms with Crippen molar-refractivity contribution in [1.29, 1.82) is 5.26 Å². The maximum absolute atomic E-state index is 12.2. The van der Waals surface area contributed by atoms with E-state index in [1.165, 1.54) is 21.0 Å². The number of hydrogen-bond acceptors (Lipinski definition) is 4. The van der Waals surface area contributed by atoms with E-state index < -0.39 is 23.3 Å². The smallest absolute Gasteiger partial charge is 0.328 e. The van der Waals surface area contributed by atoms with Crippen LogP contribution in [0.25, 0.3) is 10.9 Å². The largest absolute Gasteiger partial charge is 0.467 e. The first-order valence-electron chi connectivity index (χ1n) is 7.24. The number of carbonyl (C=O) groups excluding carboxylic acids is 2. The van der Waals surface area contributed by atoms with Crippen molar-refractivity contribution in [1.82, 2.24) is 10.3 Å². The minimum atomic E-state index is -1.22. The Hall–Kier alpha value is -2.81. The summed E-state index contributed by atoms with van der Waals surface area (Å²) in [6.45, 7) is 3.00. The molecule has 1 heterocycles. The number of esters is 1. The van der Waals surface area contributed by atoms with Crippen molar-refractivity contribution in [2.75, 3.05) is 7.11 Å². The van der Waals surface area contributed by atoms with Crippen LogP contribution in [-0.2, 0) is 20.7 Å². The first kappa shape index (κ1) is 16.6. The van der Waals surface area contributed by atoms with E-state index in [1.54, 1.807) is 0 Å². The second-order valence-corrected chi connectivity index (χ2v) is 5.85. The fraction of sp³-hybridized carbons (Fsp3) is 0.353. The maximum Gasteiger partial charge on any atom is 0.328 e. The number of hydrogen-bond donors (Lipinski definition) is 2. The highest BCUT2D eigenvalue weighted by Crippen LogP contribution is 2.20. The fourth-order valence-electron chi connectivity index (χ4n) is 2.25. The Morgan fingerprint density at radius 3 is 2.74 bits per heavy atom. The first-order chi connectivity index (χ1) is 10.9. The average Bonchev–Trinajstić information content (AvgIpc) is 2.96. The van der Waals surface area contributed by atoms with Crippen molar-refractivity contribution >= 4 is 22.8 Å². The number of fused-ring (bicyclic) bond motifs is 1. The third kappa shape index (κ3) is 3.51. The molecule has 23 heavy (non-hydrogen) atoms. The molecular formula is C17H19N3O3. The Bertz CT molecular complexity index is 771. The van der Waals surface area contributed by atoms with E-state index in [0.29, 0.717) is 0 Å². The summed E-state index contributed by atoms with van der Waals surface area (Å²) >= 11 is 0. The molecule has 2 rings (SSSR count). The number of ether oxygens (including phenoxy) is 1. The number of rotatable bonds is 5. The highest BCUT2D eigenvalue weighted by atomic mass is 16.5. The SMILES string of the molecule is COC(=O)[C@@H](Cc1c[nH]c2ccccc12)NC(=O)C(C)(C)C#N. The van der Waals surface area contributed by atoms with Gasteiger partial charge in [-0.05, 0) is 25.5 Å². The predicted molar refractivity (Wildman–Crippen MR) is 85.3 cm³/mol. The molecule has 0 saturated carbocycles. The molecule has 2 aromatic rings. The summed E-state index contributed by atoms with van der Waals surface area (Å²) in [5.41, 5.74) is 0.632. The Labute approximate surface area is 134 Å². The molecule has 0 unspecified atom stereocenters. The zero-order valence-corrected chi connectivity index (χ0v) is 13.3. The number of methoxy groups -OCH3 is 1. The van der Waals surface area contributed by atoms with Gasteiger partial charge in [0.15, 0.2) is 0 Å². The highest BCUT2D eigenvalue weighted by Gasteiger charge is 2.32. The summed E-state index contributed by atoms with van der Waals surface area (Å²) in [6.07, 6.45) is 2.09. The molecule has 120 valence electrons. The highest BCUT2D eigenvalue weighted by molar-refractivity contribution is 5.90. The third-order valence-corrected chi connectivity index (χ3v) is 3.74. The lowest BCUT2D eigenvalue weighted by molar-refractivity contribution is -0.145. The second kappa shape index (κ2) is 6.53. The lowest BCUT2D eigenvalue weighted by atomic mass is 9.93. The molecule has 1 amide bonds. The van der Waals surface area contributed by atoms with Crippen LogP contribution in [0.1, 0.15) is 19.4 Å². The molecule has 0 saturated heterocycles. The van der Waals surface area contributed by atoms with E-state index in [2.05, 4.69) is 10.3 Å². The second-order valence-electron chi connectivity index (χ2n) is 5.85. The summed E-state index contributed by atoms with van der Waals surface area (Å²) in [5, 5.41) is 12.6. The number of amides is 1. The third-order valence-electron chi connectivity index (χ3n) is 3.74. The van der Waals surface area contributed by atoms with Crippen molar-refractivity contribution in [3.05, 3.63) is 36.0 Å². The molecule has 2 N–H and O–H groups in total. The number of aromatic amines is 1. The summed E-state index contributed by atoms with van der Waals surface area (Å²) in [4.78, 5) is 27.3. The fourth-order valence-corrected chi connectivity index (χ4v) is 2.25. The number of nitriles is 1. The van der Waals surface area contributed by atoms with Crippen LogP contribution in [0, 0.1) is 16.7 Å². The van der Waals surface area contributed by atoms with Crippen LogP contribution >= 0.6 is 0 Å². The van der Waals surface area contributed by atoms with Crippen LogP contribution in [0.15, 0.2) is 30.5 Å². The van der Waals surface area contributed by atoms with Crippen LogP contribution in [0.3, 0.4) is 0 Å². The summed E-state index contributed by atoms with van der Waals surface area (Å²) in [6, 6.07) is 8.77. The van der Waals surface area contributed by atoms with Gasteiger partial charge in [0.25, 0.3) is 0 Å². The van der Waals surface area contributed by atoms with E-state index in [0.717, 1.165) is 16.5 Å². The normalized spacial score (nSPS) is 12.4. The molecule has 0 aliphatic rings. The van der Waals surface area contributed by atoms with Crippen molar-refractivity contribution < 1.29 is 14.3 Å². The lowest BCUT2D eigenvalue weighted by Gasteiger charge is -2.21. The van der Waals surface area contributed by atoms with Crippen molar-refractivity contribution in [3.63, 3.8) is 0 Å². The Morgan fingerprint density at radius 1 is 1.39 bits per heavy atom. The Kier molecular flexibility index (Phi) is 4.70. The van der Waals surface area contributed by atoms with Crippen LogP contribution < -0.4 is 5.32 Å². The number of para-hydroxylation sites is 1. The zero-order chi connectivity index (χ0) is 17.0. The summed E-state index contributed by atoms with van der Waals surface area (Å²) in [7, 11) is 1.27. The van der Waals surface area contributed by atoms with Crippen LogP contribution in [0.5, 0.6) is 0 Å². The van der Waals surface area contributed by atoms with E-state index in [-0.39, 0.29) is 6.42 Å². The van der Waals surface area contributed by atoms with Gasteiger partial charge in [0.1, 0.15) is 11.5 Å². The van der Waals surface area contributed by atoms with Gasteiger partial charge in [0, 0.05) is 23.5 Å². The topological polar surface area (TPSA) is 95.0 Å². The quantitative estimate of drug-likeness (QED) is 0.824. The predicted octanol–water partition coefficient (Wildman–Crippen LogP) is 1.92. The maximum atomic E-state index is 12.2. The van der Waals surface area contributed by atoms with Crippen LogP contribution in [0.4, 0.5) is 0 Å². The molecule has 0 spiro atoms. The molecule has 1 atom stereocenters. The van der Waals surface area contributed by atoms with E-state index >= 15 is 0 Å². The zero-order valence-electron chi connectivity index (χ0n) is 13.3. The molecule has 0 aliphatic carbocycles. The van der Waals surface area contributed by atoms with Crippen molar-refractivity contribution in [2.45, 2.75) is 26.3 Å². The molecule has 0 aliphatic heterocycles. The molecule has 6 nitrogen and oxygen atoms in total. The lowest BCUT2D eigenvalue weighted by Crippen LogP contribution is -2.47. The Balaban J connectivity index is 2.25. The number of nitrogens with one attached hydrogen (secondary N) is 2. The van der Waals surface area contributed by atoms with Crippen LogP contribution in [0.2, 0.25) is 0 Å². The van der Waals surface area contributed by atoms with E-state index in [9.17, 15) is 9.59 Å². The monoisotopic (exact) mass is 313 g/mol. The van der Waals surface area contributed by atoms with Gasteiger partial charge < -0.3 is 15.0 Å².